The van der Waals surface area contributed by atoms with Gasteiger partial charge in [0, 0.05) is 13.1 Å². The van der Waals surface area contributed by atoms with Crippen LogP contribution < -0.4 is 5.32 Å². The van der Waals surface area contributed by atoms with Gasteiger partial charge in [0.2, 0.25) is 5.91 Å². The molecule has 104 valence electrons. The number of aryl methyl sites for hydroxylation is 1. The van der Waals surface area contributed by atoms with Crippen molar-refractivity contribution in [2.75, 3.05) is 26.2 Å². The van der Waals surface area contributed by atoms with Gasteiger partial charge in [-0.25, -0.2) is 0 Å². The Balaban J connectivity index is 1.93. The van der Waals surface area contributed by atoms with E-state index in [4.69, 9.17) is 0 Å². The Bertz CT molecular complexity index is 437. The first-order valence-corrected chi connectivity index (χ1v) is 7.03. The molecule has 0 aromatic heterocycles. The van der Waals surface area contributed by atoms with Crippen molar-refractivity contribution >= 4 is 5.91 Å². The molecule has 0 spiro atoms. The highest BCUT2D eigenvalue weighted by atomic mass is 16.2. The van der Waals surface area contributed by atoms with Crippen molar-refractivity contribution in [3.8, 4) is 0 Å². The summed E-state index contributed by atoms with van der Waals surface area (Å²) in [4.78, 5) is 13.6. The van der Waals surface area contributed by atoms with Crippen LogP contribution in [0.15, 0.2) is 24.3 Å². The second kappa shape index (κ2) is 5.74. The van der Waals surface area contributed by atoms with E-state index < -0.39 is 0 Å². The number of carbonyl (C=O) groups is 1. The van der Waals surface area contributed by atoms with Gasteiger partial charge in [-0.05, 0) is 30.9 Å². The molecule has 2 rings (SSSR count). The fourth-order valence-corrected chi connectivity index (χ4v) is 2.47. The standard InChI is InChI=1S/C16H24N2O/c1-13-4-6-14(7-5-13)16(2,3)8-10-18-11-9-17-15(19)12-18/h4-7H,8-12H2,1-3H3,(H,17,19). The minimum Gasteiger partial charge on any atom is -0.354 e. The molecule has 1 N–H and O–H groups in total. The number of nitrogens with zero attached hydrogens (tertiary/aromatic N) is 1. The van der Waals surface area contributed by atoms with Gasteiger partial charge in [-0.15, -0.1) is 0 Å². The van der Waals surface area contributed by atoms with Crippen molar-refractivity contribution < 1.29 is 4.79 Å². The smallest absolute Gasteiger partial charge is 0.234 e. The highest BCUT2D eigenvalue weighted by Crippen LogP contribution is 2.27. The highest BCUT2D eigenvalue weighted by molar-refractivity contribution is 5.78. The van der Waals surface area contributed by atoms with Crippen LogP contribution in [-0.2, 0) is 10.2 Å². The van der Waals surface area contributed by atoms with Gasteiger partial charge in [-0.1, -0.05) is 43.7 Å². The van der Waals surface area contributed by atoms with E-state index in [0.29, 0.717) is 6.54 Å². The van der Waals surface area contributed by atoms with Gasteiger partial charge in [0.25, 0.3) is 0 Å². The SMILES string of the molecule is Cc1ccc(C(C)(C)CCN2CCNC(=O)C2)cc1. The molecule has 1 fully saturated rings. The minimum absolute atomic E-state index is 0.152. The van der Waals surface area contributed by atoms with E-state index in [0.717, 1.165) is 26.1 Å². The number of piperazine rings is 1. The summed E-state index contributed by atoms with van der Waals surface area (Å²) in [5.41, 5.74) is 2.83. The van der Waals surface area contributed by atoms with E-state index in [9.17, 15) is 4.79 Å². The Kier molecular flexibility index (Phi) is 4.25. The summed E-state index contributed by atoms with van der Waals surface area (Å²) in [5, 5.41) is 2.87. The number of rotatable bonds is 4. The third kappa shape index (κ3) is 3.80. The molecule has 3 heteroatoms. The first-order valence-electron chi connectivity index (χ1n) is 7.03. The molecule has 3 nitrogen and oxygen atoms in total. The van der Waals surface area contributed by atoms with Crippen molar-refractivity contribution in [1.29, 1.82) is 0 Å². The van der Waals surface area contributed by atoms with Crippen molar-refractivity contribution in [2.45, 2.75) is 32.6 Å². The maximum absolute atomic E-state index is 11.4. The first kappa shape index (κ1) is 14.1. The predicted octanol–water partition coefficient (Wildman–Crippen LogP) is 2.09. The predicted molar refractivity (Wildman–Crippen MR) is 78.3 cm³/mol. The van der Waals surface area contributed by atoms with Crippen molar-refractivity contribution in [1.82, 2.24) is 10.2 Å². The molecule has 0 saturated carbocycles. The van der Waals surface area contributed by atoms with Crippen molar-refractivity contribution in [2.24, 2.45) is 0 Å². The number of amides is 1. The van der Waals surface area contributed by atoms with E-state index in [1.165, 1.54) is 11.1 Å². The van der Waals surface area contributed by atoms with Gasteiger partial charge in [0.15, 0.2) is 0 Å². The Hall–Kier alpha value is -1.35. The fourth-order valence-electron chi connectivity index (χ4n) is 2.47. The van der Waals surface area contributed by atoms with Gasteiger partial charge in [-0.2, -0.15) is 0 Å². The lowest BCUT2D eigenvalue weighted by atomic mass is 9.81. The summed E-state index contributed by atoms with van der Waals surface area (Å²) in [6.45, 7) is 9.95. The van der Waals surface area contributed by atoms with Crippen molar-refractivity contribution in [3.05, 3.63) is 35.4 Å². The van der Waals surface area contributed by atoms with Crippen molar-refractivity contribution in [3.63, 3.8) is 0 Å². The van der Waals surface area contributed by atoms with E-state index in [1.54, 1.807) is 0 Å². The number of carbonyl (C=O) groups excluding carboxylic acids is 1. The quantitative estimate of drug-likeness (QED) is 0.899. The molecule has 1 amide bonds. The highest BCUT2D eigenvalue weighted by Gasteiger charge is 2.23. The lowest BCUT2D eigenvalue weighted by molar-refractivity contribution is -0.124. The Morgan fingerprint density at radius 3 is 2.58 bits per heavy atom. The van der Waals surface area contributed by atoms with Gasteiger partial charge in [0.1, 0.15) is 0 Å². The van der Waals surface area contributed by atoms with Crippen LogP contribution >= 0.6 is 0 Å². The number of benzene rings is 1. The number of hydrogen-bond donors (Lipinski definition) is 1. The van der Waals surface area contributed by atoms with Gasteiger partial charge in [0.05, 0.1) is 6.54 Å². The average molecular weight is 260 g/mol. The van der Waals surface area contributed by atoms with Crippen LogP contribution in [0.4, 0.5) is 0 Å². The number of nitrogens with one attached hydrogen (secondary N) is 1. The average Bonchev–Trinajstić information content (AvgIpc) is 2.37. The van der Waals surface area contributed by atoms with Crippen LogP contribution in [0, 0.1) is 6.92 Å². The molecule has 19 heavy (non-hydrogen) atoms. The lowest BCUT2D eigenvalue weighted by Gasteiger charge is -2.31. The maximum atomic E-state index is 11.4. The molecule has 1 aliphatic heterocycles. The van der Waals surface area contributed by atoms with Crippen LogP contribution in [0.3, 0.4) is 0 Å². The van der Waals surface area contributed by atoms with Crippen LogP contribution in [0.2, 0.25) is 0 Å². The van der Waals surface area contributed by atoms with Crippen LogP contribution in [0.25, 0.3) is 0 Å². The lowest BCUT2D eigenvalue weighted by Crippen LogP contribution is -2.48. The molecular weight excluding hydrogens is 236 g/mol. The van der Waals surface area contributed by atoms with Crippen LogP contribution in [0.1, 0.15) is 31.4 Å². The van der Waals surface area contributed by atoms with Crippen LogP contribution in [-0.4, -0.2) is 37.0 Å². The van der Waals surface area contributed by atoms with E-state index in [2.05, 4.69) is 55.3 Å². The zero-order valence-corrected chi connectivity index (χ0v) is 12.2. The van der Waals surface area contributed by atoms with E-state index in [1.807, 2.05) is 0 Å². The number of hydrogen-bond acceptors (Lipinski definition) is 2. The molecule has 1 aromatic rings. The molecule has 0 aliphatic carbocycles. The third-order valence-electron chi connectivity index (χ3n) is 4.00. The molecule has 0 radical (unpaired) electrons. The van der Waals surface area contributed by atoms with Gasteiger partial charge < -0.3 is 5.32 Å². The summed E-state index contributed by atoms with van der Waals surface area (Å²) in [6.07, 6.45) is 1.07. The molecule has 1 saturated heterocycles. The third-order valence-corrected chi connectivity index (χ3v) is 4.00. The largest absolute Gasteiger partial charge is 0.354 e. The first-order chi connectivity index (χ1) is 8.97. The Morgan fingerprint density at radius 1 is 1.26 bits per heavy atom. The second-order valence-corrected chi connectivity index (χ2v) is 6.13. The molecule has 1 heterocycles. The molecular formula is C16H24N2O. The summed E-state index contributed by atoms with van der Waals surface area (Å²) in [7, 11) is 0. The monoisotopic (exact) mass is 260 g/mol. The normalized spacial score (nSPS) is 17.3. The minimum atomic E-state index is 0.152. The van der Waals surface area contributed by atoms with E-state index in [-0.39, 0.29) is 11.3 Å². The van der Waals surface area contributed by atoms with Crippen LogP contribution in [0.5, 0.6) is 0 Å². The molecule has 1 aliphatic rings. The summed E-state index contributed by atoms with van der Waals surface area (Å²) >= 11 is 0. The van der Waals surface area contributed by atoms with E-state index >= 15 is 0 Å². The molecule has 0 unspecified atom stereocenters. The second-order valence-electron chi connectivity index (χ2n) is 6.13. The molecule has 0 bridgehead atoms. The Morgan fingerprint density at radius 2 is 1.95 bits per heavy atom. The zero-order valence-electron chi connectivity index (χ0n) is 12.2. The van der Waals surface area contributed by atoms with Gasteiger partial charge >= 0.3 is 0 Å². The summed E-state index contributed by atoms with van der Waals surface area (Å²) in [5.74, 6) is 0.152. The summed E-state index contributed by atoms with van der Waals surface area (Å²) in [6, 6.07) is 8.79. The fraction of sp³-hybridized carbons (Fsp3) is 0.562. The molecule has 1 aromatic carbocycles. The Labute approximate surface area is 116 Å². The summed E-state index contributed by atoms with van der Waals surface area (Å²) < 4.78 is 0. The topological polar surface area (TPSA) is 32.3 Å². The molecule has 0 atom stereocenters. The van der Waals surface area contributed by atoms with Gasteiger partial charge in [-0.3, -0.25) is 9.69 Å². The zero-order chi connectivity index (χ0) is 13.9. The maximum Gasteiger partial charge on any atom is 0.234 e.